The quantitative estimate of drug-likeness (QED) is 0.357. The summed E-state index contributed by atoms with van der Waals surface area (Å²) in [6, 6.07) is 4.06. The highest BCUT2D eigenvalue weighted by atomic mass is 16.7. The first-order chi connectivity index (χ1) is 16.6. The van der Waals surface area contributed by atoms with Crippen molar-refractivity contribution in [2.24, 2.45) is 0 Å². The van der Waals surface area contributed by atoms with Crippen molar-refractivity contribution < 1.29 is 33.6 Å². The van der Waals surface area contributed by atoms with E-state index in [1.807, 2.05) is 33.8 Å². The van der Waals surface area contributed by atoms with Crippen molar-refractivity contribution in [1.82, 2.24) is 4.90 Å². The number of carbonyl (C=O) groups is 2. The van der Waals surface area contributed by atoms with Gasteiger partial charge in [-0.3, -0.25) is 4.90 Å². The Kier molecular flexibility index (Phi) is 5.91. The van der Waals surface area contributed by atoms with E-state index in [0.29, 0.717) is 17.8 Å². The minimum Gasteiger partial charge on any atom is -0.497 e. The predicted molar refractivity (Wildman–Crippen MR) is 130 cm³/mol. The van der Waals surface area contributed by atoms with Gasteiger partial charge in [0.05, 0.1) is 18.6 Å². The van der Waals surface area contributed by atoms with Crippen LogP contribution in [0.1, 0.15) is 56.6 Å². The highest BCUT2D eigenvalue weighted by Gasteiger charge is 2.59. The van der Waals surface area contributed by atoms with Crippen LogP contribution in [0.3, 0.4) is 0 Å². The zero-order valence-electron chi connectivity index (χ0n) is 21.0. The van der Waals surface area contributed by atoms with E-state index in [2.05, 4.69) is 11.0 Å². The van der Waals surface area contributed by atoms with Crippen LogP contribution in [-0.2, 0) is 25.5 Å². The molecule has 4 aliphatic rings. The molecule has 2 unspecified atom stereocenters. The van der Waals surface area contributed by atoms with Crippen LogP contribution in [0.25, 0.3) is 0 Å². The summed E-state index contributed by atoms with van der Waals surface area (Å²) in [7, 11) is 3.50. The second-order valence-electron chi connectivity index (χ2n) is 11.4. The van der Waals surface area contributed by atoms with Crippen molar-refractivity contribution in [3.05, 3.63) is 35.1 Å². The van der Waals surface area contributed by atoms with Crippen LogP contribution < -0.4 is 9.47 Å². The minimum absolute atomic E-state index is 0.105. The molecule has 1 aromatic rings. The lowest BCUT2D eigenvalue weighted by molar-refractivity contribution is -0.175. The molecule has 3 aliphatic heterocycles. The molecule has 5 rings (SSSR count). The van der Waals surface area contributed by atoms with E-state index in [-0.39, 0.29) is 36.4 Å². The summed E-state index contributed by atoms with van der Waals surface area (Å²) in [5.74, 6) is 0.972. The van der Waals surface area contributed by atoms with Crippen molar-refractivity contribution in [2.45, 2.75) is 74.4 Å². The van der Waals surface area contributed by atoms with Gasteiger partial charge in [-0.25, -0.2) is 4.79 Å². The number of fused-ring (bicyclic) bond motifs is 3. The fourth-order valence-corrected chi connectivity index (χ4v) is 6.56. The SMILES string of the molecule is BC(C)(C)CC(O)(CC=O)C(=O)OC1C(OC)=C[C@]23CCCN2CCc2cc4c(cc2[C@H]13)OCO4. The Bertz CT molecular complexity index is 1070. The van der Waals surface area contributed by atoms with E-state index in [1.165, 1.54) is 0 Å². The van der Waals surface area contributed by atoms with Crippen molar-refractivity contribution in [2.75, 3.05) is 27.0 Å². The third-order valence-corrected chi connectivity index (χ3v) is 7.82. The van der Waals surface area contributed by atoms with Crippen molar-refractivity contribution in [3.8, 4) is 11.5 Å². The number of rotatable bonds is 7. The highest BCUT2D eigenvalue weighted by Crippen LogP contribution is 2.55. The number of nitrogens with zero attached hydrogens (tertiary/aromatic N) is 1. The van der Waals surface area contributed by atoms with Gasteiger partial charge >= 0.3 is 5.97 Å². The number of hydrogen-bond donors (Lipinski definition) is 1. The number of carbonyl (C=O) groups excluding carboxylic acids is 2. The summed E-state index contributed by atoms with van der Waals surface area (Å²) in [6.45, 7) is 5.84. The number of benzene rings is 1. The molecule has 1 spiro atoms. The largest absolute Gasteiger partial charge is 0.497 e. The molecule has 1 aromatic carbocycles. The predicted octanol–water partition coefficient (Wildman–Crippen LogP) is 1.89. The van der Waals surface area contributed by atoms with E-state index in [4.69, 9.17) is 18.9 Å². The average molecular weight is 483 g/mol. The van der Waals surface area contributed by atoms with E-state index >= 15 is 0 Å². The molecule has 188 valence electrons. The van der Waals surface area contributed by atoms with Gasteiger partial charge in [-0.2, -0.15) is 0 Å². The zero-order valence-corrected chi connectivity index (χ0v) is 21.0. The van der Waals surface area contributed by atoms with Crippen molar-refractivity contribution in [3.63, 3.8) is 0 Å². The number of aldehydes is 1. The van der Waals surface area contributed by atoms with Crippen LogP contribution in [0.5, 0.6) is 11.5 Å². The first-order valence-corrected chi connectivity index (χ1v) is 12.4. The van der Waals surface area contributed by atoms with Crippen LogP contribution >= 0.6 is 0 Å². The van der Waals surface area contributed by atoms with Crippen molar-refractivity contribution in [1.29, 1.82) is 0 Å². The molecule has 1 saturated heterocycles. The maximum absolute atomic E-state index is 13.5. The molecular formula is C26H34BNO7. The number of hydrogen-bond acceptors (Lipinski definition) is 8. The van der Waals surface area contributed by atoms with Gasteiger partial charge in [0, 0.05) is 13.0 Å². The summed E-state index contributed by atoms with van der Waals surface area (Å²) in [4.78, 5) is 27.4. The maximum atomic E-state index is 13.5. The summed E-state index contributed by atoms with van der Waals surface area (Å²) in [5, 5.41) is 10.9. The Morgan fingerprint density at radius 2 is 2.06 bits per heavy atom. The molecule has 8 nitrogen and oxygen atoms in total. The summed E-state index contributed by atoms with van der Waals surface area (Å²) < 4.78 is 23.3. The number of ether oxygens (including phenoxy) is 4. The summed E-state index contributed by atoms with van der Waals surface area (Å²) >= 11 is 0. The van der Waals surface area contributed by atoms with E-state index in [1.54, 1.807) is 7.11 Å². The topological polar surface area (TPSA) is 94.5 Å². The van der Waals surface area contributed by atoms with Gasteiger partial charge < -0.3 is 28.8 Å². The van der Waals surface area contributed by atoms with Gasteiger partial charge in [0.25, 0.3) is 0 Å². The average Bonchev–Trinajstić information content (AvgIpc) is 3.46. The second kappa shape index (κ2) is 8.55. The fraction of sp³-hybridized carbons (Fsp3) is 0.615. The molecule has 4 atom stereocenters. The van der Waals surface area contributed by atoms with Gasteiger partial charge in [0.15, 0.2) is 23.2 Å². The van der Waals surface area contributed by atoms with Gasteiger partial charge in [-0.05, 0) is 61.6 Å². The normalized spacial score (nSPS) is 28.7. The van der Waals surface area contributed by atoms with Crippen LogP contribution in [0.15, 0.2) is 24.0 Å². The molecule has 35 heavy (non-hydrogen) atoms. The monoisotopic (exact) mass is 483 g/mol. The molecule has 0 saturated carbocycles. The molecule has 1 aliphatic carbocycles. The Labute approximate surface area is 207 Å². The lowest BCUT2D eigenvalue weighted by Crippen LogP contribution is -2.49. The van der Waals surface area contributed by atoms with Gasteiger partial charge in [0.2, 0.25) is 6.79 Å². The Morgan fingerprint density at radius 3 is 2.74 bits per heavy atom. The molecule has 0 radical (unpaired) electrons. The molecule has 3 heterocycles. The first-order valence-electron chi connectivity index (χ1n) is 12.4. The Balaban J connectivity index is 1.57. The zero-order chi connectivity index (χ0) is 25.0. The van der Waals surface area contributed by atoms with Crippen LogP contribution in [-0.4, -0.2) is 74.3 Å². The van der Waals surface area contributed by atoms with Gasteiger partial charge in [0.1, 0.15) is 19.9 Å². The minimum atomic E-state index is -1.91. The molecule has 0 bridgehead atoms. The summed E-state index contributed by atoms with van der Waals surface area (Å²) in [5.41, 5.74) is -0.0822. The van der Waals surface area contributed by atoms with E-state index in [0.717, 1.165) is 49.2 Å². The first kappa shape index (κ1) is 24.2. The maximum Gasteiger partial charge on any atom is 0.339 e. The fourth-order valence-electron chi connectivity index (χ4n) is 6.56. The molecule has 0 amide bonds. The van der Waals surface area contributed by atoms with Gasteiger partial charge in [-0.1, -0.05) is 19.2 Å². The third-order valence-electron chi connectivity index (χ3n) is 7.82. The lowest BCUT2D eigenvalue weighted by Gasteiger charge is -2.40. The molecule has 9 heteroatoms. The number of esters is 1. The van der Waals surface area contributed by atoms with E-state index in [9.17, 15) is 14.7 Å². The number of methoxy groups -OCH3 is 1. The molecule has 1 N–H and O–H groups in total. The van der Waals surface area contributed by atoms with Crippen molar-refractivity contribution >= 4 is 20.1 Å². The highest BCUT2D eigenvalue weighted by molar-refractivity contribution is 6.14. The second-order valence-corrected chi connectivity index (χ2v) is 11.4. The smallest absolute Gasteiger partial charge is 0.339 e. The van der Waals surface area contributed by atoms with Crippen LogP contribution in [0, 0.1) is 0 Å². The lowest BCUT2D eigenvalue weighted by atomic mass is 9.65. The molecule has 0 aromatic heterocycles. The molecular weight excluding hydrogens is 449 g/mol. The Hall–Kier alpha value is -2.52. The van der Waals surface area contributed by atoms with Crippen LogP contribution in [0.4, 0.5) is 0 Å². The summed E-state index contributed by atoms with van der Waals surface area (Å²) in [6.07, 6.45) is 4.54. The standard InChI is InChI=1S/C26H34BNO7/c1-24(2,27)14-26(31,7-10-29)23(30)35-22-20(32-3)13-25-6-4-8-28(25)9-5-16-11-18-19(34-15-33-18)12-17(16)21(22)25/h10-13,21-22,31H,4-9,14-15,27H2,1-3H3/t21-,22?,25+,26?/m1/s1. The molecule has 1 fully saturated rings. The third kappa shape index (κ3) is 4.02. The van der Waals surface area contributed by atoms with E-state index < -0.39 is 17.7 Å². The van der Waals surface area contributed by atoms with Crippen LogP contribution in [0.2, 0.25) is 5.31 Å². The number of aliphatic hydroxyl groups is 1. The van der Waals surface area contributed by atoms with Gasteiger partial charge in [-0.15, -0.1) is 0 Å². The Morgan fingerprint density at radius 1 is 1.31 bits per heavy atom.